The zero-order valence-electron chi connectivity index (χ0n) is 9.21. The van der Waals surface area contributed by atoms with E-state index in [-0.39, 0.29) is 0 Å². The molecule has 0 N–H and O–H groups in total. The SMILES string of the molecule is C=C1CCCc2cccnc2C1.CC. The normalized spacial score (nSPS) is 14.9. The van der Waals surface area contributed by atoms with E-state index in [2.05, 4.69) is 17.6 Å². The summed E-state index contributed by atoms with van der Waals surface area (Å²) >= 11 is 0. The van der Waals surface area contributed by atoms with Crippen LogP contribution in [0.1, 0.15) is 37.9 Å². The summed E-state index contributed by atoms with van der Waals surface area (Å²) in [5.74, 6) is 0. The monoisotopic (exact) mass is 189 g/mol. The molecule has 0 aliphatic heterocycles. The van der Waals surface area contributed by atoms with Crippen molar-refractivity contribution in [2.75, 3.05) is 0 Å². The molecule has 0 bridgehead atoms. The van der Waals surface area contributed by atoms with E-state index in [1.54, 1.807) is 0 Å². The van der Waals surface area contributed by atoms with Gasteiger partial charge in [0.25, 0.3) is 0 Å². The molecule has 0 radical (unpaired) electrons. The van der Waals surface area contributed by atoms with Crippen LogP contribution in [0.2, 0.25) is 0 Å². The van der Waals surface area contributed by atoms with Crippen molar-refractivity contribution < 1.29 is 0 Å². The van der Waals surface area contributed by atoms with Gasteiger partial charge in [0.05, 0.1) is 0 Å². The van der Waals surface area contributed by atoms with E-state index < -0.39 is 0 Å². The van der Waals surface area contributed by atoms with E-state index in [4.69, 9.17) is 0 Å². The molecule has 1 nitrogen and oxygen atoms in total. The predicted octanol–water partition coefficient (Wildman–Crippen LogP) is 3.54. The van der Waals surface area contributed by atoms with Gasteiger partial charge < -0.3 is 0 Å². The lowest BCUT2D eigenvalue weighted by Crippen LogP contribution is -1.94. The fraction of sp³-hybridized carbons (Fsp3) is 0.462. The fourth-order valence-electron chi connectivity index (χ4n) is 1.71. The first kappa shape index (κ1) is 11.0. The average Bonchev–Trinajstić information content (AvgIpc) is 2.41. The molecule has 0 spiro atoms. The lowest BCUT2D eigenvalue weighted by molar-refractivity contribution is 0.828. The Kier molecular flexibility index (Phi) is 4.37. The van der Waals surface area contributed by atoms with E-state index in [9.17, 15) is 0 Å². The first-order valence-corrected chi connectivity index (χ1v) is 5.45. The molecule has 0 aromatic carbocycles. The van der Waals surface area contributed by atoms with Gasteiger partial charge >= 0.3 is 0 Å². The number of allylic oxidation sites excluding steroid dienone is 1. The van der Waals surface area contributed by atoms with Crippen molar-refractivity contribution in [3.05, 3.63) is 41.7 Å². The largest absolute Gasteiger partial charge is 0.261 e. The summed E-state index contributed by atoms with van der Waals surface area (Å²) in [6, 6.07) is 4.20. The summed E-state index contributed by atoms with van der Waals surface area (Å²) in [5.41, 5.74) is 3.98. The number of aryl methyl sites for hydroxylation is 1. The van der Waals surface area contributed by atoms with Crippen LogP contribution in [-0.2, 0) is 12.8 Å². The first-order valence-electron chi connectivity index (χ1n) is 5.45. The van der Waals surface area contributed by atoms with Gasteiger partial charge in [-0.05, 0) is 30.9 Å². The minimum absolute atomic E-state index is 0.982. The van der Waals surface area contributed by atoms with Crippen LogP contribution in [0.3, 0.4) is 0 Å². The molecule has 0 saturated carbocycles. The summed E-state index contributed by atoms with van der Waals surface area (Å²) in [5, 5.41) is 0. The minimum atomic E-state index is 0.982. The summed E-state index contributed by atoms with van der Waals surface area (Å²) in [7, 11) is 0. The van der Waals surface area contributed by atoms with E-state index in [1.807, 2.05) is 26.1 Å². The molecule has 0 saturated heterocycles. The zero-order valence-corrected chi connectivity index (χ0v) is 9.21. The first-order chi connectivity index (χ1) is 6.86. The summed E-state index contributed by atoms with van der Waals surface area (Å²) in [4.78, 5) is 4.37. The molecule has 1 aromatic heterocycles. The number of rotatable bonds is 0. The summed E-state index contributed by atoms with van der Waals surface area (Å²) in [6.45, 7) is 8.03. The Balaban J connectivity index is 0.000000461. The molecule has 14 heavy (non-hydrogen) atoms. The zero-order chi connectivity index (χ0) is 10.4. The van der Waals surface area contributed by atoms with Crippen molar-refractivity contribution in [3.8, 4) is 0 Å². The molecular weight excluding hydrogens is 170 g/mol. The van der Waals surface area contributed by atoms with Crippen molar-refractivity contribution in [1.82, 2.24) is 4.98 Å². The lowest BCUT2D eigenvalue weighted by atomic mass is 10.1. The van der Waals surface area contributed by atoms with E-state index in [0.717, 1.165) is 12.8 Å². The molecule has 76 valence electrons. The Labute approximate surface area is 86.9 Å². The van der Waals surface area contributed by atoms with Gasteiger partial charge in [0, 0.05) is 18.3 Å². The highest BCUT2D eigenvalue weighted by Gasteiger charge is 2.09. The van der Waals surface area contributed by atoms with Gasteiger partial charge in [0.15, 0.2) is 0 Å². The molecule has 1 aliphatic rings. The second-order valence-corrected chi connectivity index (χ2v) is 3.39. The topological polar surface area (TPSA) is 12.9 Å². The van der Waals surface area contributed by atoms with Crippen molar-refractivity contribution >= 4 is 0 Å². The van der Waals surface area contributed by atoms with Crippen molar-refractivity contribution in [2.24, 2.45) is 0 Å². The third kappa shape index (κ3) is 2.69. The van der Waals surface area contributed by atoms with Gasteiger partial charge in [-0.3, -0.25) is 4.98 Å². The van der Waals surface area contributed by atoms with Crippen LogP contribution in [0.4, 0.5) is 0 Å². The third-order valence-electron chi connectivity index (χ3n) is 2.38. The quantitative estimate of drug-likeness (QED) is 0.449. The van der Waals surface area contributed by atoms with E-state index in [1.165, 1.54) is 29.7 Å². The second kappa shape index (κ2) is 5.58. The highest BCUT2D eigenvalue weighted by molar-refractivity contribution is 5.26. The van der Waals surface area contributed by atoms with Gasteiger partial charge in [0.2, 0.25) is 0 Å². The molecule has 1 heteroatoms. The third-order valence-corrected chi connectivity index (χ3v) is 2.38. The van der Waals surface area contributed by atoms with Crippen LogP contribution >= 0.6 is 0 Å². The summed E-state index contributed by atoms with van der Waals surface area (Å²) < 4.78 is 0. The standard InChI is InChI=1S/C11H13N.C2H6/c1-9-4-2-5-10-6-3-7-12-11(10)8-9;1-2/h3,6-7H,1-2,4-5,8H2;1-2H3. The smallest absolute Gasteiger partial charge is 0.0475 e. The molecule has 1 aromatic rings. The van der Waals surface area contributed by atoms with Crippen LogP contribution in [-0.4, -0.2) is 4.98 Å². The Morgan fingerprint density at radius 1 is 1.29 bits per heavy atom. The van der Waals surface area contributed by atoms with Crippen LogP contribution in [0.25, 0.3) is 0 Å². The Morgan fingerprint density at radius 2 is 2.07 bits per heavy atom. The molecule has 0 atom stereocenters. The van der Waals surface area contributed by atoms with Crippen molar-refractivity contribution in [3.63, 3.8) is 0 Å². The van der Waals surface area contributed by atoms with Crippen molar-refractivity contribution in [1.29, 1.82) is 0 Å². The Morgan fingerprint density at radius 3 is 2.86 bits per heavy atom. The molecule has 0 unspecified atom stereocenters. The molecule has 1 aliphatic carbocycles. The van der Waals surface area contributed by atoms with Gasteiger partial charge in [-0.15, -0.1) is 0 Å². The fourth-order valence-corrected chi connectivity index (χ4v) is 1.71. The molecule has 1 heterocycles. The number of hydrogen-bond donors (Lipinski definition) is 0. The van der Waals surface area contributed by atoms with E-state index >= 15 is 0 Å². The van der Waals surface area contributed by atoms with Gasteiger partial charge in [-0.1, -0.05) is 32.1 Å². The lowest BCUT2D eigenvalue weighted by Gasteiger charge is -2.02. The number of nitrogens with zero attached hydrogens (tertiary/aromatic N) is 1. The highest BCUT2D eigenvalue weighted by atomic mass is 14.7. The molecule has 0 fully saturated rings. The van der Waals surface area contributed by atoms with Gasteiger partial charge in [0.1, 0.15) is 0 Å². The minimum Gasteiger partial charge on any atom is -0.261 e. The van der Waals surface area contributed by atoms with Crippen LogP contribution < -0.4 is 0 Å². The molecular formula is C13H19N. The van der Waals surface area contributed by atoms with Crippen LogP contribution in [0.5, 0.6) is 0 Å². The van der Waals surface area contributed by atoms with Crippen LogP contribution in [0.15, 0.2) is 30.5 Å². The summed E-state index contributed by atoms with van der Waals surface area (Å²) in [6.07, 6.45) is 6.42. The average molecular weight is 189 g/mol. The maximum Gasteiger partial charge on any atom is 0.0475 e. The maximum absolute atomic E-state index is 4.37. The van der Waals surface area contributed by atoms with Gasteiger partial charge in [-0.25, -0.2) is 0 Å². The van der Waals surface area contributed by atoms with Crippen LogP contribution in [0, 0.1) is 0 Å². The number of pyridine rings is 1. The van der Waals surface area contributed by atoms with Gasteiger partial charge in [-0.2, -0.15) is 0 Å². The van der Waals surface area contributed by atoms with E-state index in [0.29, 0.717) is 0 Å². The maximum atomic E-state index is 4.37. The molecule has 0 amide bonds. The number of fused-ring (bicyclic) bond motifs is 1. The molecule has 2 rings (SSSR count). The number of hydrogen-bond acceptors (Lipinski definition) is 1. The second-order valence-electron chi connectivity index (χ2n) is 3.39. The predicted molar refractivity (Wildman–Crippen MR) is 61.4 cm³/mol. The number of aromatic nitrogens is 1. The Bertz CT molecular complexity index is 302. The van der Waals surface area contributed by atoms with Crippen molar-refractivity contribution in [2.45, 2.75) is 39.5 Å². The highest BCUT2D eigenvalue weighted by Crippen LogP contribution is 2.20. The Hall–Kier alpha value is -1.11.